The summed E-state index contributed by atoms with van der Waals surface area (Å²) in [6, 6.07) is 10.1. The van der Waals surface area contributed by atoms with Gasteiger partial charge < -0.3 is 15.7 Å². The number of hydrogen-bond donors (Lipinski definition) is 3. The van der Waals surface area contributed by atoms with Gasteiger partial charge in [-0.1, -0.05) is 12.1 Å². The summed E-state index contributed by atoms with van der Waals surface area (Å²) in [4.78, 5) is 37.2. The van der Waals surface area contributed by atoms with Crippen LogP contribution in [0.4, 0.5) is 0 Å². The van der Waals surface area contributed by atoms with Crippen LogP contribution in [-0.2, 0) is 17.8 Å². The number of nitrogens with one attached hydrogen (secondary N) is 2. The molecule has 2 amide bonds. The molecule has 7 heteroatoms. The summed E-state index contributed by atoms with van der Waals surface area (Å²) in [7, 11) is 0. The highest BCUT2D eigenvalue weighted by Crippen LogP contribution is 2.07. The van der Waals surface area contributed by atoms with Crippen molar-refractivity contribution in [3.05, 3.63) is 65.0 Å². The SMILES string of the molecule is O=CNCCc1cccc(C(=O)NCc2ccc(C(=O)O)cn2)c1. The first-order valence-electron chi connectivity index (χ1n) is 7.32. The van der Waals surface area contributed by atoms with Gasteiger partial charge in [-0.25, -0.2) is 4.79 Å². The van der Waals surface area contributed by atoms with Crippen molar-refractivity contribution in [1.82, 2.24) is 15.6 Å². The van der Waals surface area contributed by atoms with Gasteiger partial charge in [0, 0.05) is 18.3 Å². The Labute approximate surface area is 138 Å². The van der Waals surface area contributed by atoms with Gasteiger partial charge in [-0.15, -0.1) is 0 Å². The van der Waals surface area contributed by atoms with Gasteiger partial charge in [-0.05, 0) is 36.2 Å². The molecule has 0 unspecified atom stereocenters. The number of benzene rings is 1. The van der Waals surface area contributed by atoms with E-state index in [9.17, 15) is 14.4 Å². The first-order valence-corrected chi connectivity index (χ1v) is 7.32. The Bertz CT molecular complexity index is 729. The molecule has 0 fully saturated rings. The molecule has 2 aromatic rings. The van der Waals surface area contributed by atoms with Crippen molar-refractivity contribution in [3.63, 3.8) is 0 Å². The zero-order valence-corrected chi connectivity index (χ0v) is 12.9. The Kier molecular flexibility index (Phi) is 6.01. The van der Waals surface area contributed by atoms with E-state index in [1.54, 1.807) is 24.3 Å². The largest absolute Gasteiger partial charge is 0.478 e. The molecule has 0 saturated carbocycles. The number of carboxylic acids is 1. The van der Waals surface area contributed by atoms with Crippen LogP contribution < -0.4 is 10.6 Å². The third-order valence-corrected chi connectivity index (χ3v) is 3.33. The molecule has 0 bridgehead atoms. The Morgan fingerprint density at radius 2 is 2.00 bits per heavy atom. The number of pyridine rings is 1. The van der Waals surface area contributed by atoms with Crippen molar-refractivity contribution >= 4 is 18.3 Å². The molecule has 2 rings (SSSR count). The monoisotopic (exact) mass is 327 g/mol. The van der Waals surface area contributed by atoms with E-state index in [1.165, 1.54) is 12.3 Å². The second kappa shape index (κ2) is 8.42. The second-order valence-electron chi connectivity index (χ2n) is 5.05. The lowest BCUT2D eigenvalue weighted by Gasteiger charge is -2.07. The minimum absolute atomic E-state index is 0.0988. The van der Waals surface area contributed by atoms with Crippen molar-refractivity contribution in [1.29, 1.82) is 0 Å². The molecule has 1 aromatic heterocycles. The number of amides is 2. The van der Waals surface area contributed by atoms with Crippen LogP contribution in [0.5, 0.6) is 0 Å². The summed E-state index contributed by atoms with van der Waals surface area (Å²) in [5, 5.41) is 14.1. The predicted octanol–water partition coefficient (Wildman–Crippen LogP) is 0.998. The average molecular weight is 327 g/mol. The molecular formula is C17H17N3O4. The molecule has 0 aliphatic rings. The zero-order chi connectivity index (χ0) is 17.4. The number of nitrogens with zero attached hydrogens (tertiary/aromatic N) is 1. The summed E-state index contributed by atoms with van der Waals surface area (Å²) < 4.78 is 0. The number of carboxylic acid groups (broad SMARTS) is 1. The van der Waals surface area contributed by atoms with Crippen LogP contribution >= 0.6 is 0 Å². The topological polar surface area (TPSA) is 108 Å². The van der Waals surface area contributed by atoms with Crippen LogP contribution in [0.25, 0.3) is 0 Å². The molecular weight excluding hydrogens is 310 g/mol. The fourth-order valence-electron chi connectivity index (χ4n) is 2.07. The van der Waals surface area contributed by atoms with Crippen molar-refractivity contribution in [2.24, 2.45) is 0 Å². The van der Waals surface area contributed by atoms with Gasteiger partial charge in [0.05, 0.1) is 17.8 Å². The molecule has 0 radical (unpaired) electrons. The number of rotatable bonds is 8. The van der Waals surface area contributed by atoms with Crippen LogP contribution in [-0.4, -0.2) is 34.9 Å². The van der Waals surface area contributed by atoms with Gasteiger partial charge in [-0.2, -0.15) is 0 Å². The second-order valence-corrected chi connectivity index (χ2v) is 5.05. The maximum Gasteiger partial charge on any atom is 0.337 e. The highest BCUT2D eigenvalue weighted by atomic mass is 16.4. The van der Waals surface area contributed by atoms with Gasteiger partial charge >= 0.3 is 5.97 Å². The molecule has 1 heterocycles. The fraction of sp³-hybridized carbons (Fsp3) is 0.176. The summed E-state index contributed by atoms with van der Waals surface area (Å²) >= 11 is 0. The molecule has 7 nitrogen and oxygen atoms in total. The minimum Gasteiger partial charge on any atom is -0.478 e. The van der Waals surface area contributed by atoms with E-state index in [0.717, 1.165) is 5.56 Å². The van der Waals surface area contributed by atoms with Gasteiger partial charge in [0.2, 0.25) is 6.41 Å². The van der Waals surface area contributed by atoms with Crippen LogP contribution in [0.1, 0.15) is 32.0 Å². The molecule has 0 saturated heterocycles. The Morgan fingerprint density at radius 1 is 1.17 bits per heavy atom. The highest BCUT2D eigenvalue weighted by molar-refractivity contribution is 5.94. The van der Waals surface area contributed by atoms with E-state index < -0.39 is 5.97 Å². The molecule has 24 heavy (non-hydrogen) atoms. The lowest BCUT2D eigenvalue weighted by atomic mass is 10.1. The number of hydrogen-bond acceptors (Lipinski definition) is 4. The third kappa shape index (κ3) is 4.91. The van der Waals surface area contributed by atoms with Gasteiger partial charge in [0.25, 0.3) is 5.91 Å². The van der Waals surface area contributed by atoms with E-state index in [4.69, 9.17) is 5.11 Å². The fourth-order valence-corrected chi connectivity index (χ4v) is 2.07. The lowest BCUT2D eigenvalue weighted by Crippen LogP contribution is -2.23. The number of aromatic nitrogens is 1. The van der Waals surface area contributed by atoms with Crippen molar-refractivity contribution in [2.45, 2.75) is 13.0 Å². The van der Waals surface area contributed by atoms with Gasteiger partial charge in [0.1, 0.15) is 0 Å². The average Bonchev–Trinajstić information content (AvgIpc) is 2.60. The first-order chi connectivity index (χ1) is 11.6. The third-order valence-electron chi connectivity index (χ3n) is 3.33. The maximum atomic E-state index is 12.2. The number of carbonyl (C=O) groups excluding carboxylic acids is 2. The van der Waals surface area contributed by atoms with E-state index in [1.807, 2.05) is 6.07 Å². The molecule has 0 atom stereocenters. The molecule has 3 N–H and O–H groups in total. The van der Waals surface area contributed by atoms with E-state index in [2.05, 4.69) is 15.6 Å². The molecule has 124 valence electrons. The molecule has 1 aromatic carbocycles. The standard InChI is InChI=1S/C17H17N3O4/c21-11-18-7-6-12-2-1-3-13(8-12)16(22)20-10-15-5-4-14(9-19-15)17(23)24/h1-5,8-9,11H,6-7,10H2,(H,18,21)(H,20,22)(H,23,24). The summed E-state index contributed by atoms with van der Waals surface area (Å²) in [6.07, 6.45) is 2.53. The van der Waals surface area contributed by atoms with E-state index >= 15 is 0 Å². The van der Waals surface area contributed by atoms with Crippen LogP contribution in [0.15, 0.2) is 42.6 Å². The van der Waals surface area contributed by atoms with Crippen LogP contribution in [0.2, 0.25) is 0 Å². The lowest BCUT2D eigenvalue weighted by molar-refractivity contribution is -0.109. The normalized spacial score (nSPS) is 10.0. The van der Waals surface area contributed by atoms with Crippen molar-refractivity contribution < 1.29 is 19.5 Å². The Morgan fingerprint density at radius 3 is 2.67 bits per heavy atom. The Hall–Kier alpha value is -3.22. The molecule has 0 aliphatic carbocycles. The predicted molar refractivity (Wildman–Crippen MR) is 86.6 cm³/mol. The summed E-state index contributed by atoms with van der Waals surface area (Å²) in [6.45, 7) is 0.712. The molecule has 0 aliphatic heterocycles. The summed E-state index contributed by atoms with van der Waals surface area (Å²) in [5.41, 5.74) is 2.13. The van der Waals surface area contributed by atoms with Crippen molar-refractivity contribution in [3.8, 4) is 0 Å². The summed E-state index contributed by atoms with van der Waals surface area (Å²) in [5.74, 6) is -1.29. The van der Waals surface area contributed by atoms with E-state index in [-0.39, 0.29) is 18.0 Å². The van der Waals surface area contributed by atoms with Crippen LogP contribution in [0, 0.1) is 0 Å². The Balaban J connectivity index is 1.93. The van der Waals surface area contributed by atoms with Gasteiger partial charge in [0.15, 0.2) is 0 Å². The first kappa shape index (κ1) is 17.1. The quantitative estimate of drug-likeness (QED) is 0.495. The minimum atomic E-state index is -1.04. The maximum absolute atomic E-state index is 12.2. The molecule has 0 spiro atoms. The highest BCUT2D eigenvalue weighted by Gasteiger charge is 2.07. The van der Waals surface area contributed by atoms with Crippen molar-refractivity contribution in [2.75, 3.05) is 6.54 Å². The van der Waals surface area contributed by atoms with Gasteiger partial charge in [-0.3, -0.25) is 14.6 Å². The number of aromatic carboxylic acids is 1. The number of carbonyl (C=O) groups is 3. The smallest absolute Gasteiger partial charge is 0.337 e. The van der Waals surface area contributed by atoms with E-state index in [0.29, 0.717) is 30.6 Å². The zero-order valence-electron chi connectivity index (χ0n) is 12.9. The van der Waals surface area contributed by atoms with Crippen LogP contribution in [0.3, 0.4) is 0 Å².